The van der Waals surface area contributed by atoms with Gasteiger partial charge in [-0.1, -0.05) is 24.3 Å². The highest BCUT2D eigenvalue weighted by Gasteiger charge is 2.69. The van der Waals surface area contributed by atoms with Crippen molar-refractivity contribution in [3.63, 3.8) is 0 Å². The summed E-state index contributed by atoms with van der Waals surface area (Å²) < 4.78 is 7.20. The first kappa shape index (κ1) is 19.2. The van der Waals surface area contributed by atoms with Crippen LogP contribution in [0.1, 0.15) is 63.5 Å². The largest absolute Gasteiger partial charge is 0.508 e. The molecule has 160 valence electrons. The summed E-state index contributed by atoms with van der Waals surface area (Å²) in [5.74, 6) is 10.7. The molecule has 2 heterocycles. The number of fused-ring (bicyclic) bond motifs is 2. The van der Waals surface area contributed by atoms with Gasteiger partial charge in [-0.15, -0.1) is 0 Å². The van der Waals surface area contributed by atoms with Crippen molar-refractivity contribution in [3.05, 3.63) is 29.3 Å². The first-order chi connectivity index (χ1) is 14.4. The molecule has 3 N–H and O–H groups in total. The molecule has 4 aliphatic carbocycles. The first-order valence-corrected chi connectivity index (χ1v) is 12.1. The number of hydrogen-bond acceptors (Lipinski definition) is 3. The highest BCUT2D eigenvalue weighted by Crippen LogP contribution is 2.65. The lowest BCUT2D eigenvalue weighted by Gasteiger charge is -2.70. The molecule has 6 aliphatic rings. The van der Waals surface area contributed by atoms with Crippen LogP contribution in [0.15, 0.2) is 18.2 Å². The fourth-order valence-electron chi connectivity index (χ4n) is 8.54. The topological polar surface area (TPSA) is 55.5 Å². The van der Waals surface area contributed by atoms with Gasteiger partial charge in [-0.2, -0.15) is 0 Å². The highest BCUT2D eigenvalue weighted by atomic mass is 16.5. The second-order valence-electron chi connectivity index (χ2n) is 11.3. The van der Waals surface area contributed by atoms with Crippen LogP contribution in [0.5, 0.6) is 5.75 Å². The number of rotatable bonds is 0. The molecule has 1 spiro atoms. The van der Waals surface area contributed by atoms with Crippen molar-refractivity contribution >= 4 is 0 Å². The molecule has 2 saturated heterocycles. The quantitative estimate of drug-likeness (QED) is 0.627. The summed E-state index contributed by atoms with van der Waals surface area (Å²) in [6.45, 7) is 4.56. The van der Waals surface area contributed by atoms with Gasteiger partial charge in [0, 0.05) is 18.4 Å². The van der Waals surface area contributed by atoms with Crippen molar-refractivity contribution in [2.75, 3.05) is 0 Å². The molecular formula is C27H35NO2. The van der Waals surface area contributed by atoms with Gasteiger partial charge in [0.25, 0.3) is 0 Å². The molecule has 3 heteroatoms. The number of nitrogens with two attached hydrogens (primary N) is 1. The zero-order chi connectivity index (χ0) is 20.7. The smallest absolute Gasteiger partial charge is 0.115 e. The van der Waals surface area contributed by atoms with E-state index in [0.29, 0.717) is 41.8 Å². The molecular weight excluding hydrogens is 370 g/mol. The monoisotopic (exact) mass is 405 g/mol. The van der Waals surface area contributed by atoms with Crippen molar-refractivity contribution in [2.24, 2.45) is 41.2 Å². The molecule has 30 heavy (non-hydrogen) atoms. The minimum atomic E-state index is -0.162. The van der Waals surface area contributed by atoms with E-state index in [-0.39, 0.29) is 23.2 Å². The molecule has 8 atom stereocenters. The SMILES string of the molecule is CC1(C)O[C@]23[C@@H]4CC[C@H]5[C@@H](CCC[C@H]52)Cc2ccc(O)cc2CC#C[C@H]3[C@H](N)[C@@H]1C4. The Morgan fingerprint density at radius 3 is 2.83 bits per heavy atom. The average Bonchev–Trinajstić information content (AvgIpc) is 2.71. The summed E-state index contributed by atoms with van der Waals surface area (Å²) >= 11 is 0. The van der Waals surface area contributed by atoms with Crippen LogP contribution in [-0.2, 0) is 17.6 Å². The first-order valence-electron chi connectivity index (χ1n) is 12.1. The Hall–Kier alpha value is -1.50. The van der Waals surface area contributed by atoms with Crippen LogP contribution in [0.3, 0.4) is 0 Å². The Morgan fingerprint density at radius 1 is 1.10 bits per heavy atom. The van der Waals surface area contributed by atoms with Gasteiger partial charge in [0.2, 0.25) is 0 Å². The molecule has 5 bridgehead atoms. The predicted octanol–water partition coefficient (Wildman–Crippen LogP) is 4.45. The maximum absolute atomic E-state index is 10.1. The Morgan fingerprint density at radius 2 is 1.97 bits per heavy atom. The molecule has 0 aromatic heterocycles. The van der Waals surface area contributed by atoms with Crippen LogP contribution in [0, 0.1) is 47.3 Å². The van der Waals surface area contributed by atoms with E-state index in [4.69, 9.17) is 10.5 Å². The number of phenolic OH excluding ortho intramolecular Hbond substituents is 1. The third-order valence-electron chi connectivity index (χ3n) is 9.69. The van der Waals surface area contributed by atoms with Gasteiger partial charge in [-0.3, -0.25) is 0 Å². The van der Waals surface area contributed by atoms with Crippen LogP contribution in [0.25, 0.3) is 0 Å². The Kier molecular flexibility index (Phi) is 4.16. The molecule has 0 unspecified atom stereocenters. The third kappa shape index (κ3) is 2.53. The lowest BCUT2D eigenvalue weighted by atomic mass is 9.44. The van der Waals surface area contributed by atoms with Crippen molar-refractivity contribution in [1.29, 1.82) is 0 Å². The highest BCUT2D eigenvalue weighted by molar-refractivity contribution is 5.39. The Balaban J connectivity index is 1.52. The Bertz CT molecular complexity index is 927. The van der Waals surface area contributed by atoms with E-state index < -0.39 is 0 Å². The zero-order valence-electron chi connectivity index (χ0n) is 18.4. The molecule has 1 aromatic carbocycles. The second-order valence-corrected chi connectivity index (χ2v) is 11.3. The van der Waals surface area contributed by atoms with E-state index in [1.165, 1.54) is 49.7 Å². The third-order valence-corrected chi connectivity index (χ3v) is 9.69. The van der Waals surface area contributed by atoms with E-state index >= 15 is 0 Å². The minimum Gasteiger partial charge on any atom is -0.508 e. The van der Waals surface area contributed by atoms with Gasteiger partial charge < -0.3 is 15.6 Å². The van der Waals surface area contributed by atoms with E-state index in [2.05, 4.69) is 31.8 Å². The zero-order valence-corrected chi connectivity index (χ0v) is 18.4. The number of ether oxygens (including phenoxy) is 1. The molecule has 0 radical (unpaired) electrons. The van der Waals surface area contributed by atoms with Crippen LogP contribution in [0.4, 0.5) is 0 Å². The molecule has 3 nitrogen and oxygen atoms in total. The van der Waals surface area contributed by atoms with Gasteiger partial charge in [0.05, 0.1) is 17.1 Å². The van der Waals surface area contributed by atoms with E-state index in [1.807, 2.05) is 12.1 Å². The van der Waals surface area contributed by atoms with Gasteiger partial charge >= 0.3 is 0 Å². The molecule has 0 amide bonds. The average molecular weight is 406 g/mol. The van der Waals surface area contributed by atoms with Crippen molar-refractivity contribution in [1.82, 2.24) is 0 Å². The minimum absolute atomic E-state index is 0.0982. The molecule has 5 fully saturated rings. The lowest BCUT2D eigenvalue weighted by Crippen LogP contribution is -2.76. The van der Waals surface area contributed by atoms with Crippen molar-refractivity contribution in [2.45, 2.75) is 82.5 Å². The lowest BCUT2D eigenvalue weighted by molar-refractivity contribution is -0.329. The van der Waals surface area contributed by atoms with Crippen LogP contribution < -0.4 is 5.73 Å². The van der Waals surface area contributed by atoms with Gasteiger partial charge in [-0.25, -0.2) is 0 Å². The molecule has 2 aliphatic heterocycles. The van der Waals surface area contributed by atoms with Gasteiger partial charge in [-0.05, 0) is 99.3 Å². The summed E-state index contributed by atoms with van der Waals surface area (Å²) in [6.07, 6.45) is 9.51. The number of phenols is 1. The number of aromatic hydroxyl groups is 1. The molecule has 3 saturated carbocycles. The van der Waals surface area contributed by atoms with Crippen LogP contribution in [-0.4, -0.2) is 22.4 Å². The maximum atomic E-state index is 10.1. The number of hydrogen-bond donors (Lipinski definition) is 2. The number of benzene rings is 1. The molecule has 7 rings (SSSR count). The maximum Gasteiger partial charge on any atom is 0.115 e. The summed E-state index contributed by atoms with van der Waals surface area (Å²) in [7, 11) is 0. The fraction of sp³-hybridized carbons (Fsp3) is 0.704. The predicted molar refractivity (Wildman–Crippen MR) is 118 cm³/mol. The van der Waals surface area contributed by atoms with Crippen LogP contribution in [0.2, 0.25) is 0 Å². The summed E-state index contributed by atoms with van der Waals surface area (Å²) in [6, 6.07) is 6.02. The van der Waals surface area contributed by atoms with Gasteiger partial charge in [0.15, 0.2) is 0 Å². The summed E-state index contributed by atoms with van der Waals surface area (Å²) in [5.41, 5.74) is 9.26. The normalized spacial score (nSPS) is 45.5. The van der Waals surface area contributed by atoms with E-state index in [1.54, 1.807) is 0 Å². The van der Waals surface area contributed by atoms with E-state index in [9.17, 15) is 5.11 Å². The fourth-order valence-corrected chi connectivity index (χ4v) is 8.54. The van der Waals surface area contributed by atoms with Gasteiger partial charge in [0.1, 0.15) is 5.75 Å². The van der Waals surface area contributed by atoms with Crippen molar-refractivity contribution in [3.8, 4) is 17.6 Å². The standard InChI is InChI=1S/C27H35NO2/c1-26(2)24-15-19-10-12-21-18-6-4-7-22(21)27(19,30-26)23(25(24)28)8-3-5-16-14-20(29)11-9-17(16)13-18/h9,11,14,18-19,21-25,29H,4-7,10,12-13,15,28H2,1-2H3/t18-,19+,21-,22+,23-,24-,25-,27+/m0/s1. The second kappa shape index (κ2) is 6.50. The van der Waals surface area contributed by atoms with E-state index in [0.717, 1.165) is 6.42 Å². The van der Waals surface area contributed by atoms with Crippen LogP contribution >= 0.6 is 0 Å². The van der Waals surface area contributed by atoms with Crippen molar-refractivity contribution < 1.29 is 9.84 Å². The summed E-state index contributed by atoms with van der Waals surface area (Å²) in [5, 5.41) is 10.1. The Labute approximate surface area is 180 Å². The molecule has 1 aromatic rings. The summed E-state index contributed by atoms with van der Waals surface area (Å²) in [4.78, 5) is 0.